The summed E-state index contributed by atoms with van der Waals surface area (Å²) in [7, 11) is 0. The third-order valence-corrected chi connectivity index (χ3v) is 4.53. The fraction of sp³-hybridized carbons (Fsp3) is 0.273. The lowest BCUT2D eigenvalue weighted by molar-refractivity contribution is -0.123. The van der Waals surface area contributed by atoms with Crippen molar-refractivity contribution in [2.45, 2.75) is 39.3 Å². The minimum absolute atomic E-state index is 0.0355. The number of rotatable bonds is 7. The van der Waals surface area contributed by atoms with E-state index >= 15 is 0 Å². The number of unbranched alkanes of at least 4 members (excludes halogenated alkanes) is 1. The minimum atomic E-state index is -1.16. The van der Waals surface area contributed by atoms with E-state index in [0.717, 1.165) is 18.9 Å². The average molecular weight is 411 g/mol. The van der Waals surface area contributed by atoms with Gasteiger partial charge in [-0.3, -0.25) is 9.59 Å². The SMILES string of the molecule is CCCCn1nc(C(=O)O[C@H](C)C(=O)Nc2cccc(F)c2)c2ccccc2c1=O. The third kappa shape index (κ3) is 4.71. The summed E-state index contributed by atoms with van der Waals surface area (Å²) in [4.78, 5) is 37.7. The minimum Gasteiger partial charge on any atom is -0.448 e. The Hall–Kier alpha value is -3.55. The van der Waals surface area contributed by atoms with Gasteiger partial charge < -0.3 is 10.1 Å². The van der Waals surface area contributed by atoms with Crippen LogP contribution in [0.1, 0.15) is 37.2 Å². The Morgan fingerprint density at radius 2 is 1.90 bits per heavy atom. The van der Waals surface area contributed by atoms with Crippen LogP contribution in [0.5, 0.6) is 0 Å². The summed E-state index contributed by atoms with van der Waals surface area (Å²) in [6, 6.07) is 12.0. The van der Waals surface area contributed by atoms with Crippen molar-refractivity contribution >= 4 is 28.3 Å². The number of carbonyl (C=O) groups is 2. The smallest absolute Gasteiger partial charge is 0.360 e. The summed E-state index contributed by atoms with van der Waals surface area (Å²) in [5, 5.41) is 7.40. The first kappa shape index (κ1) is 21.2. The number of nitrogens with zero attached hydrogens (tertiary/aromatic N) is 2. The maximum Gasteiger partial charge on any atom is 0.360 e. The van der Waals surface area contributed by atoms with Crippen LogP contribution in [0.25, 0.3) is 10.8 Å². The fourth-order valence-corrected chi connectivity index (χ4v) is 2.93. The molecule has 0 saturated heterocycles. The van der Waals surface area contributed by atoms with Crippen molar-refractivity contribution in [3.63, 3.8) is 0 Å². The number of fused-ring (bicyclic) bond motifs is 1. The zero-order valence-corrected chi connectivity index (χ0v) is 16.7. The van der Waals surface area contributed by atoms with E-state index in [2.05, 4.69) is 10.4 Å². The number of aryl methyl sites for hydroxylation is 1. The highest BCUT2D eigenvalue weighted by Crippen LogP contribution is 2.16. The molecule has 0 aliphatic heterocycles. The number of carbonyl (C=O) groups excluding carboxylic acids is 2. The molecule has 0 aliphatic carbocycles. The Kier molecular flexibility index (Phi) is 6.56. The second-order valence-corrected chi connectivity index (χ2v) is 6.82. The number of nitrogens with one attached hydrogen (secondary N) is 1. The van der Waals surface area contributed by atoms with Crippen molar-refractivity contribution in [2.75, 3.05) is 5.32 Å². The van der Waals surface area contributed by atoms with Gasteiger partial charge in [-0.1, -0.05) is 37.6 Å². The largest absolute Gasteiger partial charge is 0.448 e. The topological polar surface area (TPSA) is 90.3 Å². The maximum absolute atomic E-state index is 13.3. The molecule has 1 amide bonds. The highest BCUT2D eigenvalue weighted by atomic mass is 19.1. The van der Waals surface area contributed by atoms with Gasteiger partial charge in [0.05, 0.1) is 5.39 Å². The average Bonchev–Trinajstić information content (AvgIpc) is 2.73. The molecule has 0 bridgehead atoms. The molecule has 0 spiro atoms. The number of hydrogen-bond acceptors (Lipinski definition) is 5. The lowest BCUT2D eigenvalue weighted by Crippen LogP contribution is -2.32. The van der Waals surface area contributed by atoms with E-state index in [1.165, 1.54) is 29.8 Å². The number of ether oxygens (including phenoxy) is 1. The van der Waals surface area contributed by atoms with Crippen molar-refractivity contribution in [2.24, 2.45) is 0 Å². The molecule has 0 unspecified atom stereocenters. The molecule has 30 heavy (non-hydrogen) atoms. The molecule has 2 aromatic carbocycles. The molecule has 3 rings (SSSR count). The highest BCUT2D eigenvalue weighted by Gasteiger charge is 2.23. The van der Waals surface area contributed by atoms with Gasteiger partial charge in [-0.05, 0) is 37.6 Å². The van der Waals surface area contributed by atoms with Gasteiger partial charge >= 0.3 is 5.97 Å². The summed E-state index contributed by atoms with van der Waals surface area (Å²) < 4.78 is 19.8. The Labute approximate surface area is 172 Å². The van der Waals surface area contributed by atoms with Gasteiger partial charge in [-0.15, -0.1) is 0 Å². The van der Waals surface area contributed by atoms with Crippen molar-refractivity contribution in [1.82, 2.24) is 9.78 Å². The maximum atomic E-state index is 13.3. The molecule has 156 valence electrons. The van der Waals surface area contributed by atoms with Gasteiger partial charge in [0, 0.05) is 17.6 Å². The second kappa shape index (κ2) is 9.30. The number of amides is 1. The molecule has 1 N–H and O–H groups in total. The zero-order chi connectivity index (χ0) is 21.7. The van der Waals surface area contributed by atoms with Gasteiger partial charge in [0.15, 0.2) is 11.8 Å². The van der Waals surface area contributed by atoms with Gasteiger partial charge in [-0.2, -0.15) is 5.10 Å². The normalized spacial score (nSPS) is 11.8. The Morgan fingerprint density at radius 3 is 2.60 bits per heavy atom. The third-order valence-electron chi connectivity index (χ3n) is 4.53. The van der Waals surface area contributed by atoms with Gasteiger partial charge in [0.1, 0.15) is 5.82 Å². The first-order valence-corrected chi connectivity index (χ1v) is 9.68. The molecule has 3 aromatic rings. The molecule has 8 heteroatoms. The van der Waals surface area contributed by atoms with Gasteiger partial charge in [-0.25, -0.2) is 13.9 Å². The fourth-order valence-electron chi connectivity index (χ4n) is 2.93. The Bertz CT molecular complexity index is 1140. The lowest BCUT2D eigenvalue weighted by atomic mass is 10.1. The molecule has 1 atom stereocenters. The molecule has 1 aromatic heterocycles. The second-order valence-electron chi connectivity index (χ2n) is 6.82. The molecule has 1 heterocycles. The molecule has 0 radical (unpaired) electrons. The number of hydrogen-bond donors (Lipinski definition) is 1. The highest BCUT2D eigenvalue weighted by molar-refractivity contribution is 6.03. The van der Waals surface area contributed by atoms with Crippen LogP contribution in [-0.4, -0.2) is 27.8 Å². The van der Waals surface area contributed by atoms with Crippen LogP contribution in [0.15, 0.2) is 53.3 Å². The van der Waals surface area contributed by atoms with E-state index < -0.39 is 23.8 Å². The van der Waals surface area contributed by atoms with Crippen LogP contribution < -0.4 is 10.9 Å². The first-order chi connectivity index (χ1) is 14.4. The molecule has 0 aliphatic rings. The van der Waals surface area contributed by atoms with Crippen molar-refractivity contribution in [3.05, 3.63) is 70.4 Å². The number of aromatic nitrogens is 2. The summed E-state index contributed by atoms with van der Waals surface area (Å²) >= 11 is 0. The van der Waals surface area contributed by atoms with Crippen LogP contribution in [0.3, 0.4) is 0 Å². The molecule has 7 nitrogen and oxygen atoms in total. The zero-order valence-electron chi connectivity index (χ0n) is 16.7. The number of halogens is 1. The monoisotopic (exact) mass is 411 g/mol. The number of esters is 1. The summed E-state index contributed by atoms with van der Waals surface area (Å²) in [6.07, 6.45) is 0.432. The Morgan fingerprint density at radius 1 is 1.17 bits per heavy atom. The first-order valence-electron chi connectivity index (χ1n) is 9.68. The summed E-state index contributed by atoms with van der Waals surface area (Å²) in [5.74, 6) is -1.93. The van der Waals surface area contributed by atoms with E-state index in [0.29, 0.717) is 17.3 Å². The predicted molar refractivity (Wildman–Crippen MR) is 111 cm³/mol. The molecule has 0 saturated carbocycles. The van der Waals surface area contributed by atoms with Crippen molar-refractivity contribution in [3.8, 4) is 0 Å². The molecule has 0 fully saturated rings. The van der Waals surface area contributed by atoms with Gasteiger partial charge in [0.25, 0.3) is 11.5 Å². The van der Waals surface area contributed by atoms with E-state index in [-0.39, 0.29) is 16.9 Å². The van der Waals surface area contributed by atoms with E-state index in [1.54, 1.807) is 24.3 Å². The van der Waals surface area contributed by atoms with Crippen LogP contribution in [0.4, 0.5) is 10.1 Å². The Balaban J connectivity index is 1.84. The van der Waals surface area contributed by atoms with Crippen molar-refractivity contribution in [1.29, 1.82) is 0 Å². The van der Waals surface area contributed by atoms with Gasteiger partial charge in [0.2, 0.25) is 0 Å². The number of benzene rings is 2. The van der Waals surface area contributed by atoms with Crippen molar-refractivity contribution < 1.29 is 18.7 Å². The van der Waals surface area contributed by atoms with E-state index in [1.807, 2.05) is 6.92 Å². The number of anilines is 1. The van der Waals surface area contributed by atoms with Crippen LogP contribution in [0, 0.1) is 5.82 Å². The van der Waals surface area contributed by atoms with Crippen LogP contribution in [-0.2, 0) is 16.1 Å². The summed E-state index contributed by atoms with van der Waals surface area (Å²) in [6.45, 7) is 3.76. The van der Waals surface area contributed by atoms with E-state index in [9.17, 15) is 18.8 Å². The molecular weight excluding hydrogens is 389 g/mol. The standard InChI is InChI=1S/C22H22FN3O4/c1-3-4-12-26-21(28)18-11-6-5-10-17(18)19(25-26)22(29)30-14(2)20(27)24-16-9-7-8-15(23)13-16/h5-11,13-14H,3-4,12H2,1-2H3,(H,24,27)/t14-/m1/s1. The van der Waals surface area contributed by atoms with Crippen LogP contribution in [0.2, 0.25) is 0 Å². The predicted octanol–water partition coefficient (Wildman–Crippen LogP) is 3.52. The quantitative estimate of drug-likeness (QED) is 0.601. The lowest BCUT2D eigenvalue weighted by Gasteiger charge is -2.15. The molecular formula is C22H22FN3O4. The summed E-state index contributed by atoms with van der Waals surface area (Å²) in [5.41, 5.74) is -0.0706. The van der Waals surface area contributed by atoms with E-state index in [4.69, 9.17) is 4.74 Å². The van der Waals surface area contributed by atoms with Crippen LogP contribution >= 0.6 is 0 Å².